The molecule has 0 saturated heterocycles. The van der Waals surface area contributed by atoms with E-state index >= 15 is 0 Å². The molecule has 11 heavy (non-hydrogen) atoms. The molecular weight excluding hydrogens is 167 g/mol. The maximum absolute atomic E-state index is 12.4. The first-order valence-electron chi connectivity index (χ1n) is 3.07. The molecule has 0 spiro atoms. The number of hydrogen-bond acceptors (Lipinski definition) is 2. The van der Waals surface area contributed by atoms with E-state index in [1.54, 1.807) is 13.0 Å². The summed E-state index contributed by atoms with van der Waals surface area (Å²) >= 11 is 0. The molecule has 0 amide bonds. The van der Waals surface area contributed by atoms with E-state index in [0.29, 0.717) is 0 Å². The van der Waals surface area contributed by atoms with Gasteiger partial charge in [0.2, 0.25) is 5.95 Å². The van der Waals surface area contributed by atoms with Crippen LogP contribution in [0.2, 0.25) is 0 Å². The lowest BCUT2D eigenvalue weighted by Gasteiger charge is -2.02. The van der Waals surface area contributed by atoms with Gasteiger partial charge >= 0.3 is 0 Å². The number of aromatic nitrogens is 1. The van der Waals surface area contributed by atoms with Gasteiger partial charge in [0.15, 0.2) is 0 Å². The lowest BCUT2D eigenvalue weighted by Crippen LogP contribution is -2.05. The van der Waals surface area contributed by atoms with Gasteiger partial charge in [0.25, 0.3) is 0 Å². The molecule has 0 aliphatic carbocycles. The number of nitrogens with two attached hydrogens (primary N) is 1. The summed E-state index contributed by atoms with van der Waals surface area (Å²) in [6.45, 7) is 1.80. The van der Waals surface area contributed by atoms with Crippen molar-refractivity contribution in [2.45, 2.75) is 13.0 Å². The Morgan fingerprint density at radius 3 is 2.64 bits per heavy atom. The van der Waals surface area contributed by atoms with Crippen molar-refractivity contribution < 1.29 is 4.39 Å². The van der Waals surface area contributed by atoms with Gasteiger partial charge in [-0.05, 0) is 24.6 Å². The Balaban J connectivity index is 0.000001000. The Morgan fingerprint density at radius 2 is 2.27 bits per heavy atom. The molecule has 1 aromatic rings. The fraction of sp³-hybridized carbons (Fsp3) is 0.286. The van der Waals surface area contributed by atoms with E-state index in [-0.39, 0.29) is 18.4 Å². The number of halogens is 2. The lowest BCUT2D eigenvalue weighted by molar-refractivity contribution is 0.578. The zero-order valence-corrected chi connectivity index (χ0v) is 6.94. The van der Waals surface area contributed by atoms with E-state index in [1.165, 1.54) is 12.3 Å². The van der Waals surface area contributed by atoms with Gasteiger partial charge in [-0.15, -0.1) is 12.4 Å². The molecule has 0 aliphatic rings. The van der Waals surface area contributed by atoms with Crippen LogP contribution in [0.1, 0.15) is 18.5 Å². The Kier molecular flexibility index (Phi) is 4.00. The van der Waals surface area contributed by atoms with E-state index in [9.17, 15) is 4.39 Å². The molecule has 0 radical (unpaired) electrons. The minimum absolute atomic E-state index is 0. The summed E-state index contributed by atoms with van der Waals surface area (Å²) in [6.07, 6.45) is 1.41. The first-order valence-corrected chi connectivity index (χ1v) is 3.07. The third kappa shape index (κ3) is 2.82. The first-order chi connectivity index (χ1) is 4.70. The van der Waals surface area contributed by atoms with Crippen LogP contribution in [0.4, 0.5) is 4.39 Å². The Bertz CT molecular complexity index is 227. The molecule has 4 heteroatoms. The van der Waals surface area contributed by atoms with Gasteiger partial charge in [-0.3, -0.25) is 0 Å². The third-order valence-electron chi connectivity index (χ3n) is 1.28. The van der Waals surface area contributed by atoms with Gasteiger partial charge in [-0.25, -0.2) is 4.98 Å². The average molecular weight is 177 g/mol. The predicted molar refractivity (Wildman–Crippen MR) is 44.0 cm³/mol. The van der Waals surface area contributed by atoms with Gasteiger partial charge in [0.1, 0.15) is 0 Å². The number of pyridine rings is 1. The summed E-state index contributed by atoms with van der Waals surface area (Å²) in [5.41, 5.74) is 6.26. The van der Waals surface area contributed by atoms with Gasteiger partial charge in [-0.1, -0.05) is 0 Å². The highest BCUT2D eigenvalue weighted by Crippen LogP contribution is 2.07. The van der Waals surface area contributed by atoms with Crippen molar-refractivity contribution >= 4 is 12.4 Å². The average Bonchev–Trinajstić information content (AvgIpc) is 1.88. The molecular formula is C7H10ClFN2. The van der Waals surface area contributed by atoms with Crippen LogP contribution >= 0.6 is 12.4 Å². The largest absolute Gasteiger partial charge is 0.324 e. The Morgan fingerprint density at radius 1 is 1.64 bits per heavy atom. The molecule has 1 atom stereocenters. The molecule has 1 aromatic heterocycles. The fourth-order valence-corrected chi connectivity index (χ4v) is 0.701. The second-order valence-corrected chi connectivity index (χ2v) is 2.20. The van der Waals surface area contributed by atoms with Crippen molar-refractivity contribution in [3.63, 3.8) is 0 Å². The summed E-state index contributed by atoms with van der Waals surface area (Å²) in [5.74, 6) is -0.477. The summed E-state index contributed by atoms with van der Waals surface area (Å²) in [4.78, 5) is 3.40. The summed E-state index contributed by atoms with van der Waals surface area (Å²) in [5, 5.41) is 0. The van der Waals surface area contributed by atoms with Crippen molar-refractivity contribution in [2.75, 3.05) is 0 Å². The van der Waals surface area contributed by atoms with E-state index in [1.807, 2.05) is 0 Å². The normalized spacial score (nSPS) is 11.9. The fourth-order valence-electron chi connectivity index (χ4n) is 0.701. The van der Waals surface area contributed by atoms with Crippen LogP contribution in [0, 0.1) is 5.95 Å². The minimum Gasteiger partial charge on any atom is -0.324 e. The smallest absolute Gasteiger partial charge is 0.213 e. The van der Waals surface area contributed by atoms with Crippen molar-refractivity contribution in [3.8, 4) is 0 Å². The quantitative estimate of drug-likeness (QED) is 0.661. The molecule has 0 bridgehead atoms. The summed E-state index contributed by atoms with van der Waals surface area (Å²) in [6, 6.07) is 2.91. The van der Waals surface area contributed by atoms with E-state index < -0.39 is 5.95 Å². The number of hydrogen-bond donors (Lipinski definition) is 1. The van der Waals surface area contributed by atoms with E-state index in [0.717, 1.165) is 5.56 Å². The highest BCUT2D eigenvalue weighted by Gasteiger charge is 1.99. The van der Waals surface area contributed by atoms with Crippen molar-refractivity contribution in [1.82, 2.24) is 4.98 Å². The molecule has 0 fully saturated rings. The maximum Gasteiger partial charge on any atom is 0.213 e. The zero-order chi connectivity index (χ0) is 7.56. The van der Waals surface area contributed by atoms with Gasteiger partial charge < -0.3 is 5.73 Å². The first kappa shape index (κ1) is 10.3. The van der Waals surface area contributed by atoms with Crippen molar-refractivity contribution in [1.29, 1.82) is 0 Å². The third-order valence-corrected chi connectivity index (χ3v) is 1.28. The van der Waals surface area contributed by atoms with Crippen LogP contribution in [0.5, 0.6) is 0 Å². The van der Waals surface area contributed by atoms with Crippen LogP contribution in [0.15, 0.2) is 18.3 Å². The van der Waals surface area contributed by atoms with Crippen LogP contribution in [0.25, 0.3) is 0 Å². The monoisotopic (exact) mass is 176 g/mol. The standard InChI is InChI=1S/C7H9FN2.ClH/c1-5(9)6-2-3-10-7(8)4-6;/h2-5H,9H2,1H3;1H/t5-;/m1./s1. The van der Waals surface area contributed by atoms with Crippen LogP contribution in [-0.2, 0) is 0 Å². The molecule has 0 saturated carbocycles. The minimum atomic E-state index is -0.477. The molecule has 62 valence electrons. The summed E-state index contributed by atoms with van der Waals surface area (Å²) in [7, 11) is 0. The number of nitrogens with zero attached hydrogens (tertiary/aromatic N) is 1. The lowest BCUT2D eigenvalue weighted by atomic mass is 10.1. The second-order valence-electron chi connectivity index (χ2n) is 2.20. The Hall–Kier alpha value is -0.670. The van der Waals surface area contributed by atoms with Gasteiger partial charge in [0.05, 0.1) is 0 Å². The molecule has 0 aromatic carbocycles. The van der Waals surface area contributed by atoms with E-state index in [2.05, 4.69) is 4.98 Å². The van der Waals surface area contributed by atoms with E-state index in [4.69, 9.17) is 5.73 Å². The van der Waals surface area contributed by atoms with Gasteiger partial charge in [0, 0.05) is 12.2 Å². The zero-order valence-electron chi connectivity index (χ0n) is 6.12. The predicted octanol–water partition coefficient (Wildman–Crippen LogP) is 1.66. The summed E-state index contributed by atoms with van der Waals surface area (Å²) < 4.78 is 12.4. The molecule has 0 unspecified atom stereocenters. The topological polar surface area (TPSA) is 38.9 Å². The van der Waals surface area contributed by atoms with Gasteiger partial charge in [-0.2, -0.15) is 4.39 Å². The van der Waals surface area contributed by atoms with Crippen LogP contribution in [-0.4, -0.2) is 4.98 Å². The molecule has 1 rings (SSSR count). The van der Waals surface area contributed by atoms with Crippen molar-refractivity contribution in [2.24, 2.45) is 5.73 Å². The second kappa shape index (κ2) is 4.26. The highest BCUT2D eigenvalue weighted by molar-refractivity contribution is 5.85. The number of rotatable bonds is 1. The van der Waals surface area contributed by atoms with Crippen LogP contribution in [0.3, 0.4) is 0 Å². The molecule has 1 heterocycles. The van der Waals surface area contributed by atoms with Crippen molar-refractivity contribution in [3.05, 3.63) is 29.8 Å². The maximum atomic E-state index is 12.4. The highest BCUT2D eigenvalue weighted by atomic mass is 35.5. The Labute approximate surface area is 71.0 Å². The SMILES string of the molecule is C[C@@H](N)c1ccnc(F)c1.Cl. The molecule has 2 N–H and O–H groups in total. The molecule has 2 nitrogen and oxygen atoms in total. The van der Waals surface area contributed by atoms with Crippen LogP contribution < -0.4 is 5.73 Å². The molecule has 0 aliphatic heterocycles.